The molecule has 0 aliphatic carbocycles. The zero-order chi connectivity index (χ0) is 13.8. The second-order valence-corrected chi connectivity index (χ2v) is 5.75. The molecule has 1 spiro atoms. The molecule has 1 unspecified atom stereocenters. The molecule has 3 aliphatic heterocycles. The minimum atomic E-state index is -0.401. The van der Waals surface area contributed by atoms with Gasteiger partial charge in [0.25, 0.3) is 0 Å². The van der Waals surface area contributed by atoms with Crippen molar-refractivity contribution < 1.29 is 19.0 Å². The molecule has 0 aromatic rings. The molecule has 0 aromatic carbocycles. The van der Waals surface area contributed by atoms with Gasteiger partial charge >= 0.3 is 0 Å². The van der Waals surface area contributed by atoms with E-state index in [4.69, 9.17) is 14.2 Å². The Labute approximate surface area is 119 Å². The Morgan fingerprint density at radius 2 is 1.95 bits per heavy atom. The molecule has 1 amide bonds. The summed E-state index contributed by atoms with van der Waals surface area (Å²) in [4.78, 5) is 14.0. The number of ether oxygens (including phenoxy) is 3. The molecule has 3 rings (SSSR count). The molecule has 0 radical (unpaired) electrons. The minimum absolute atomic E-state index is 0.163. The summed E-state index contributed by atoms with van der Waals surface area (Å²) in [5.74, 6) is -0.238. The van der Waals surface area contributed by atoms with Crippen LogP contribution in [0.3, 0.4) is 0 Å². The molecule has 20 heavy (non-hydrogen) atoms. The lowest BCUT2D eigenvalue weighted by molar-refractivity contribution is -0.187. The summed E-state index contributed by atoms with van der Waals surface area (Å²) < 4.78 is 16.9. The SMILES string of the molecule is O=C(CNCC1CCCO1)N1CCC2(CC1)OCCO2. The first kappa shape index (κ1) is 14.3. The largest absolute Gasteiger partial charge is 0.377 e. The number of rotatable bonds is 4. The summed E-state index contributed by atoms with van der Waals surface area (Å²) in [6, 6.07) is 0. The van der Waals surface area contributed by atoms with Gasteiger partial charge in [-0.2, -0.15) is 0 Å². The molecular weight excluding hydrogens is 260 g/mol. The van der Waals surface area contributed by atoms with Crippen LogP contribution in [0.4, 0.5) is 0 Å². The molecule has 6 heteroatoms. The van der Waals surface area contributed by atoms with Crippen molar-refractivity contribution in [1.82, 2.24) is 10.2 Å². The van der Waals surface area contributed by atoms with E-state index in [0.717, 1.165) is 51.9 Å². The van der Waals surface area contributed by atoms with Crippen LogP contribution in [-0.2, 0) is 19.0 Å². The normalized spacial score (nSPS) is 29.2. The van der Waals surface area contributed by atoms with Crippen molar-refractivity contribution in [3.8, 4) is 0 Å². The van der Waals surface area contributed by atoms with Crippen LogP contribution in [-0.4, -0.2) is 68.7 Å². The summed E-state index contributed by atoms with van der Waals surface area (Å²) in [5.41, 5.74) is 0. The van der Waals surface area contributed by atoms with E-state index in [-0.39, 0.29) is 12.0 Å². The van der Waals surface area contributed by atoms with Gasteiger partial charge in [-0.1, -0.05) is 0 Å². The van der Waals surface area contributed by atoms with Crippen LogP contribution in [0.15, 0.2) is 0 Å². The van der Waals surface area contributed by atoms with Gasteiger partial charge in [-0.25, -0.2) is 0 Å². The van der Waals surface area contributed by atoms with Crippen LogP contribution in [0.5, 0.6) is 0 Å². The summed E-state index contributed by atoms with van der Waals surface area (Å²) in [6.07, 6.45) is 4.08. The van der Waals surface area contributed by atoms with Crippen LogP contribution in [0.2, 0.25) is 0 Å². The molecule has 114 valence electrons. The summed E-state index contributed by atoms with van der Waals surface area (Å²) in [6.45, 7) is 4.83. The van der Waals surface area contributed by atoms with Crippen molar-refractivity contribution in [2.24, 2.45) is 0 Å². The summed E-state index contributed by atoms with van der Waals surface area (Å²) >= 11 is 0. The van der Waals surface area contributed by atoms with Crippen LogP contribution in [0.25, 0.3) is 0 Å². The fourth-order valence-electron chi connectivity index (χ4n) is 3.14. The Balaban J connectivity index is 1.35. The predicted molar refractivity (Wildman–Crippen MR) is 72.3 cm³/mol. The highest BCUT2D eigenvalue weighted by molar-refractivity contribution is 5.78. The van der Waals surface area contributed by atoms with E-state index < -0.39 is 5.79 Å². The number of piperidine rings is 1. The highest BCUT2D eigenvalue weighted by Gasteiger charge is 2.40. The van der Waals surface area contributed by atoms with E-state index in [1.165, 1.54) is 0 Å². The van der Waals surface area contributed by atoms with Crippen molar-refractivity contribution in [3.63, 3.8) is 0 Å². The average molecular weight is 284 g/mol. The van der Waals surface area contributed by atoms with Gasteiger partial charge in [0.05, 0.1) is 25.9 Å². The maximum absolute atomic E-state index is 12.1. The van der Waals surface area contributed by atoms with E-state index in [1.807, 2.05) is 4.90 Å². The van der Waals surface area contributed by atoms with E-state index in [9.17, 15) is 4.79 Å². The van der Waals surface area contributed by atoms with Crippen molar-refractivity contribution in [3.05, 3.63) is 0 Å². The topological polar surface area (TPSA) is 60.0 Å². The highest BCUT2D eigenvalue weighted by Crippen LogP contribution is 2.31. The smallest absolute Gasteiger partial charge is 0.236 e. The molecular formula is C14H24N2O4. The Bertz CT molecular complexity index is 328. The maximum Gasteiger partial charge on any atom is 0.236 e. The number of nitrogens with zero attached hydrogens (tertiary/aromatic N) is 1. The Morgan fingerprint density at radius 3 is 2.60 bits per heavy atom. The van der Waals surface area contributed by atoms with Crippen LogP contribution in [0, 0.1) is 0 Å². The second-order valence-electron chi connectivity index (χ2n) is 5.75. The molecule has 3 heterocycles. The Morgan fingerprint density at radius 1 is 1.20 bits per heavy atom. The number of carbonyl (C=O) groups is 1. The van der Waals surface area contributed by atoms with Crippen molar-refractivity contribution in [2.75, 3.05) is 46.0 Å². The van der Waals surface area contributed by atoms with E-state index in [1.54, 1.807) is 0 Å². The first-order valence-electron chi connectivity index (χ1n) is 7.65. The third kappa shape index (κ3) is 3.31. The molecule has 0 aromatic heterocycles. The predicted octanol–water partition coefficient (Wildman–Crippen LogP) is 0.121. The zero-order valence-electron chi connectivity index (χ0n) is 11.9. The molecule has 0 bridgehead atoms. The zero-order valence-corrected chi connectivity index (χ0v) is 11.9. The lowest BCUT2D eigenvalue weighted by atomic mass is 10.0. The maximum atomic E-state index is 12.1. The average Bonchev–Trinajstić information content (AvgIpc) is 3.12. The monoisotopic (exact) mass is 284 g/mol. The molecule has 3 fully saturated rings. The van der Waals surface area contributed by atoms with Gasteiger partial charge in [0.1, 0.15) is 0 Å². The number of amides is 1. The van der Waals surface area contributed by atoms with Crippen molar-refractivity contribution >= 4 is 5.91 Å². The molecule has 3 saturated heterocycles. The summed E-state index contributed by atoms with van der Waals surface area (Å²) in [5, 5.41) is 3.21. The number of hydrogen-bond acceptors (Lipinski definition) is 5. The fourth-order valence-corrected chi connectivity index (χ4v) is 3.14. The molecule has 1 N–H and O–H groups in total. The number of hydrogen-bond donors (Lipinski definition) is 1. The van der Waals surface area contributed by atoms with Gasteiger partial charge < -0.3 is 24.4 Å². The highest BCUT2D eigenvalue weighted by atomic mass is 16.7. The van der Waals surface area contributed by atoms with Crippen molar-refractivity contribution in [2.45, 2.75) is 37.6 Å². The van der Waals surface area contributed by atoms with Gasteiger partial charge in [-0.05, 0) is 12.8 Å². The lowest BCUT2D eigenvalue weighted by Crippen LogP contribution is -2.49. The van der Waals surface area contributed by atoms with E-state index in [2.05, 4.69) is 5.32 Å². The van der Waals surface area contributed by atoms with Gasteiger partial charge in [0.15, 0.2) is 5.79 Å². The third-order valence-electron chi connectivity index (χ3n) is 4.36. The van der Waals surface area contributed by atoms with Crippen LogP contribution in [0.1, 0.15) is 25.7 Å². The van der Waals surface area contributed by atoms with Gasteiger partial charge in [-0.3, -0.25) is 4.79 Å². The molecule has 3 aliphatic rings. The Kier molecular flexibility index (Phi) is 4.55. The number of likely N-dealkylation sites (tertiary alicyclic amines) is 1. The molecule has 6 nitrogen and oxygen atoms in total. The van der Waals surface area contributed by atoms with Crippen LogP contribution < -0.4 is 5.32 Å². The Hall–Kier alpha value is -0.690. The lowest BCUT2D eigenvalue weighted by Gasteiger charge is -2.37. The van der Waals surface area contributed by atoms with Crippen molar-refractivity contribution in [1.29, 1.82) is 0 Å². The van der Waals surface area contributed by atoms with Crippen LogP contribution >= 0.6 is 0 Å². The first-order valence-corrected chi connectivity index (χ1v) is 7.65. The van der Waals surface area contributed by atoms with Gasteiger partial charge in [0, 0.05) is 39.1 Å². The first-order chi connectivity index (χ1) is 9.77. The summed E-state index contributed by atoms with van der Waals surface area (Å²) in [7, 11) is 0. The van der Waals surface area contributed by atoms with Gasteiger partial charge in [-0.15, -0.1) is 0 Å². The number of carbonyl (C=O) groups excluding carboxylic acids is 1. The molecule has 1 atom stereocenters. The fraction of sp³-hybridized carbons (Fsp3) is 0.929. The van der Waals surface area contributed by atoms with Gasteiger partial charge in [0.2, 0.25) is 5.91 Å². The third-order valence-corrected chi connectivity index (χ3v) is 4.36. The van der Waals surface area contributed by atoms with E-state index >= 15 is 0 Å². The second kappa shape index (κ2) is 6.39. The quantitative estimate of drug-likeness (QED) is 0.794. The molecule has 0 saturated carbocycles. The minimum Gasteiger partial charge on any atom is -0.377 e. The number of nitrogens with one attached hydrogen (secondary N) is 1. The van der Waals surface area contributed by atoms with E-state index in [0.29, 0.717) is 19.8 Å². The standard InChI is InChI=1S/C14H24N2O4/c17-13(11-15-10-12-2-1-7-18-12)16-5-3-14(4-6-16)19-8-9-20-14/h12,15H,1-11H2.